The van der Waals surface area contributed by atoms with Crippen LogP contribution < -0.4 is 5.73 Å². The van der Waals surface area contributed by atoms with E-state index in [4.69, 9.17) is 18.0 Å². The molecule has 1 aliphatic carbocycles. The lowest BCUT2D eigenvalue weighted by molar-refractivity contribution is 0.0714. The second kappa shape index (κ2) is 6.09. The fourth-order valence-corrected chi connectivity index (χ4v) is 2.71. The molecule has 0 bridgehead atoms. The molecule has 4 N–H and O–H groups in total. The van der Waals surface area contributed by atoms with Crippen LogP contribution >= 0.6 is 12.2 Å². The molecule has 0 saturated heterocycles. The average Bonchev–Trinajstić information content (AvgIpc) is 2.92. The molecule has 1 fully saturated rings. The highest BCUT2D eigenvalue weighted by Crippen LogP contribution is 2.28. The molecule has 1 aliphatic rings. The third-order valence-electron chi connectivity index (χ3n) is 3.57. The fraction of sp³-hybridized carbons (Fsp3) is 0.429. The van der Waals surface area contributed by atoms with Crippen LogP contribution in [-0.2, 0) is 0 Å². The van der Waals surface area contributed by atoms with Gasteiger partial charge in [-0.1, -0.05) is 25.1 Å². The van der Waals surface area contributed by atoms with Crippen molar-refractivity contribution in [1.82, 2.24) is 4.90 Å². The lowest BCUT2D eigenvalue weighted by Crippen LogP contribution is -2.43. The van der Waals surface area contributed by atoms with Crippen LogP contribution in [0, 0.1) is 0 Å². The van der Waals surface area contributed by atoms with Crippen molar-refractivity contribution in [3.63, 3.8) is 0 Å². The van der Waals surface area contributed by atoms with Crippen LogP contribution in [0.4, 0.5) is 0 Å². The Kier molecular flexibility index (Phi) is 4.44. The summed E-state index contributed by atoms with van der Waals surface area (Å²) >= 11 is 4.92. The van der Waals surface area contributed by atoms with E-state index in [9.17, 15) is 15.0 Å². The van der Waals surface area contributed by atoms with E-state index in [0.29, 0.717) is 5.56 Å². The topological polar surface area (TPSA) is 86.8 Å². The van der Waals surface area contributed by atoms with Crippen molar-refractivity contribution in [2.45, 2.75) is 31.7 Å². The average molecular weight is 294 g/mol. The van der Waals surface area contributed by atoms with E-state index in [1.807, 2.05) is 0 Å². The monoisotopic (exact) mass is 294 g/mol. The van der Waals surface area contributed by atoms with Crippen LogP contribution in [0.25, 0.3) is 0 Å². The van der Waals surface area contributed by atoms with Crippen LogP contribution in [0.3, 0.4) is 0 Å². The zero-order valence-electron chi connectivity index (χ0n) is 11.1. The molecule has 0 spiro atoms. The van der Waals surface area contributed by atoms with Crippen LogP contribution in [0.1, 0.15) is 36.0 Å². The van der Waals surface area contributed by atoms with Gasteiger partial charge in [-0.25, -0.2) is 0 Å². The number of hydrogen-bond donors (Lipinski definition) is 3. The van der Waals surface area contributed by atoms with Gasteiger partial charge in [0.1, 0.15) is 0 Å². The third-order valence-corrected chi connectivity index (χ3v) is 3.70. The van der Waals surface area contributed by atoms with E-state index in [1.54, 1.807) is 4.90 Å². The molecule has 1 aromatic rings. The van der Waals surface area contributed by atoms with Gasteiger partial charge in [0.15, 0.2) is 11.5 Å². The van der Waals surface area contributed by atoms with E-state index in [2.05, 4.69) is 0 Å². The van der Waals surface area contributed by atoms with E-state index in [1.165, 1.54) is 18.2 Å². The highest BCUT2D eigenvalue weighted by molar-refractivity contribution is 7.80. The SMILES string of the molecule is NC(=S)CN(C(=O)c1ccc(O)c(O)c1)C1CCCC1. The van der Waals surface area contributed by atoms with E-state index in [-0.39, 0.29) is 35.0 Å². The summed E-state index contributed by atoms with van der Waals surface area (Å²) in [6.07, 6.45) is 4.07. The Bertz CT molecular complexity index is 527. The van der Waals surface area contributed by atoms with Gasteiger partial charge in [-0.05, 0) is 31.0 Å². The molecule has 1 aromatic carbocycles. The summed E-state index contributed by atoms with van der Waals surface area (Å²) in [7, 11) is 0. The molecule has 108 valence electrons. The summed E-state index contributed by atoms with van der Waals surface area (Å²) in [4.78, 5) is 14.5. The Morgan fingerprint density at radius 3 is 2.50 bits per heavy atom. The molecule has 0 atom stereocenters. The number of amides is 1. The van der Waals surface area contributed by atoms with Gasteiger partial charge < -0.3 is 20.8 Å². The van der Waals surface area contributed by atoms with Crippen LogP contribution in [0.2, 0.25) is 0 Å². The van der Waals surface area contributed by atoms with Crippen molar-refractivity contribution in [3.8, 4) is 11.5 Å². The summed E-state index contributed by atoms with van der Waals surface area (Å²) in [6, 6.07) is 4.19. The molecular weight excluding hydrogens is 276 g/mol. The summed E-state index contributed by atoms with van der Waals surface area (Å²) in [5, 5.41) is 18.8. The van der Waals surface area contributed by atoms with Crippen LogP contribution in [0.5, 0.6) is 11.5 Å². The molecule has 0 unspecified atom stereocenters. The largest absolute Gasteiger partial charge is 0.504 e. The minimum Gasteiger partial charge on any atom is -0.504 e. The van der Waals surface area contributed by atoms with Crippen molar-refractivity contribution < 1.29 is 15.0 Å². The zero-order chi connectivity index (χ0) is 14.7. The number of benzene rings is 1. The van der Waals surface area contributed by atoms with Crippen molar-refractivity contribution in [3.05, 3.63) is 23.8 Å². The predicted octanol–water partition coefficient (Wildman–Crippen LogP) is 1.77. The molecule has 0 radical (unpaired) electrons. The molecule has 1 saturated carbocycles. The van der Waals surface area contributed by atoms with Crippen molar-refractivity contribution in [2.75, 3.05) is 6.54 Å². The number of phenolic OH excluding ortho intramolecular Hbond substituents is 2. The number of carbonyl (C=O) groups excluding carboxylic acids is 1. The maximum absolute atomic E-state index is 12.5. The maximum atomic E-state index is 12.5. The highest BCUT2D eigenvalue weighted by atomic mass is 32.1. The molecule has 6 heteroatoms. The van der Waals surface area contributed by atoms with Crippen molar-refractivity contribution in [1.29, 1.82) is 0 Å². The number of hydrogen-bond acceptors (Lipinski definition) is 4. The van der Waals surface area contributed by atoms with Crippen molar-refractivity contribution in [2.24, 2.45) is 5.73 Å². The quantitative estimate of drug-likeness (QED) is 0.582. The van der Waals surface area contributed by atoms with Crippen LogP contribution in [-0.4, -0.2) is 38.6 Å². The molecule has 0 heterocycles. The molecule has 5 nitrogen and oxygen atoms in total. The first-order chi connectivity index (χ1) is 9.49. The zero-order valence-corrected chi connectivity index (χ0v) is 11.9. The molecule has 1 amide bonds. The molecule has 0 aliphatic heterocycles. The minimum absolute atomic E-state index is 0.139. The standard InChI is InChI=1S/C14H18N2O3S/c15-13(20)8-16(10-3-1-2-4-10)14(19)9-5-6-11(17)12(18)7-9/h5-7,10,17-18H,1-4,8H2,(H2,15,20). The number of rotatable bonds is 4. The van der Waals surface area contributed by atoms with Crippen LogP contribution in [0.15, 0.2) is 18.2 Å². The molecular formula is C14H18N2O3S. The normalized spacial score (nSPS) is 15.2. The number of nitrogens with zero attached hydrogens (tertiary/aromatic N) is 1. The Morgan fingerprint density at radius 1 is 1.30 bits per heavy atom. The van der Waals surface area contributed by atoms with Gasteiger partial charge in [-0.3, -0.25) is 4.79 Å². The summed E-state index contributed by atoms with van der Waals surface area (Å²) in [5.41, 5.74) is 5.90. The second-order valence-corrected chi connectivity index (χ2v) is 5.57. The van der Waals surface area contributed by atoms with E-state index in [0.717, 1.165) is 25.7 Å². The highest BCUT2D eigenvalue weighted by Gasteiger charge is 2.28. The minimum atomic E-state index is -0.308. The Labute approximate surface area is 123 Å². The van der Waals surface area contributed by atoms with E-state index >= 15 is 0 Å². The first kappa shape index (κ1) is 14.6. The van der Waals surface area contributed by atoms with E-state index < -0.39 is 0 Å². The lowest BCUT2D eigenvalue weighted by atomic mass is 10.1. The number of thiocarbonyl (C=S) groups is 1. The summed E-state index contributed by atoms with van der Waals surface area (Å²) < 4.78 is 0. The maximum Gasteiger partial charge on any atom is 0.254 e. The van der Waals surface area contributed by atoms with Crippen molar-refractivity contribution >= 4 is 23.1 Å². The van der Waals surface area contributed by atoms with Gasteiger partial charge in [-0.15, -0.1) is 0 Å². The third kappa shape index (κ3) is 3.19. The number of carbonyl (C=O) groups is 1. The Morgan fingerprint density at radius 2 is 1.95 bits per heavy atom. The van der Waals surface area contributed by atoms with Gasteiger partial charge in [0, 0.05) is 11.6 Å². The number of aromatic hydroxyl groups is 2. The molecule has 2 rings (SSSR count). The van der Waals surface area contributed by atoms with Gasteiger partial charge in [0.2, 0.25) is 0 Å². The van der Waals surface area contributed by atoms with Gasteiger partial charge in [0.25, 0.3) is 5.91 Å². The van der Waals surface area contributed by atoms with Gasteiger partial charge in [-0.2, -0.15) is 0 Å². The van der Waals surface area contributed by atoms with Gasteiger partial charge in [0.05, 0.1) is 11.5 Å². The lowest BCUT2D eigenvalue weighted by Gasteiger charge is -2.28. The van der Waals surface area contributed by atoms with Gasteiger partial charge >= 0.3 is 0 Å². The Hall–Kier alpha value is -1.82. The first-order valence-corrected chi connectivity index (χ1v) is 7.01. The predicted molar refractivity (Wildman–Crippen MR) is 79.8 cm³/mol. The number of phenols is 2. The Balaban J connectivity index is 2.24. The first-order valence-electron chi connectivity index (χ1n) is 6.60. The molecule has 0 aromatic heterocycles. The fourth-order valence-electron chi connectivity index (χ4n) is 2.57. The summed E-state index contributed by atoms with van der Waals surface area (Å²) in [5.74, 6) is -0.777. The smallest absolute Gasteiger partial charge is 0.254 e. The molecule has 20 heavy (non-hydrogen) atoms. The number of nitrogens with two attached hydrogens (primary N) is 1. The second-order valence-electron chi connectivity index (χ2n) is 5.04. The summed E-state index contributed by atoms with van der Waals surface area (Å²) in [6.45, 7) is 0.237.